The number of nitrogen functional groups attached to an aromatic ring is 1. The number of halogens is 1. The molecule has 128 valence electrons. The van der Waals surface area contributed by atoms with Crippen LogP contribution < -0.4 is 15.8 Å². The van der Waals surface area contributed by atoms with E-state index in [0.29, 0.717) is 22.9 Å². The number of amides is 1. The lowest BCUT2D eigenvalue weighted by Gasteiger charge is -2.08. The highest BCUT2D eigenvalue weighted by Crippen LogP contribution is 2.31. The van der Waals surface area contributed by atoms with E-state index in [9.17, 15) is 4.79 Å². The van der Waals surface area contributed by atoms with E-state index in [2.05, 4.69) is 21.2 Å². The first kappa shape index (κ1) is 17.1. The summed E-state index contributed by atoms with van der Waals surface area (Å²) >= 11 is 3.52. The third-order valence-corrected chi connectivity index (χ3v) is 4.36. The molecule has 1 amide bonds. The van der Waals surface area contributed by atoms with Crippen LogP contribution in [0, 0.1) is 6.92 Å². The molecular weight excluding hydrogens is 384 g/mol. The predicted octanol–water partition coefficient (Wildman–Crippen LogP) is 4.86. The number of carbonyl (C=O) groups is 1. The molecule has 0 aliphatic rings. The van der Waals surface area contributed by atoms with Gasteiger partial charge in [-0.05, 0) is 55.0 Å². The van der Waals surface area contributed by atoms with Gasteiger partial charge in [0.05, 0.1) is 12.8 Å². The molecule has 0 fully saturated rings. The molecule has 1 aromatic heterocycles. The Hall–Kier alpha value is -2.73. The van der Waals surface area contributed by atoms with Gasteiger partial charge < -0.3 is 20.2 Å². The van der Waals surface area contributed by atoms with Crippen LogP contribution in [0.5, 0.6) is 5.75 Å². The van der Waals surface area contributed by atoms with E-state index in [1.54, 1.807) is 30.3 Å². The summed E-state index contributed by atoms with van der Waals surface area (Å²) in [5, 5.41) is 2.76. The number of furan rings is 1. The van der Waals surface area contributed by atoms with Crippen molar-refractivity contribution in [3.05, 3.63) is 64.3 Å². The lowest BCUT2D eigenvalue weighted by molar-refractivity contribution is 0.0997. The van der Waals surface area contributed by atoms with E-state index < -0.39 is 0 Å². The van der Waals surface area contributed by atoms with Crippen molar-refractivity contribution in [2.24, 2.45) is 0 Å². The number of anilines is 2. The number of nitrogens with two attached hydrogens (primary N) is 1. The van der Waals surface area contributed by atoms with E-state index >= 15 is 0 Å². The first-order valence-electron chi connectivity index (χ1n) is 7.59. The van der Waals surface area contributed by atoms with Crippen molar-refractivity contribution in [2.45, 2.75) is 6.92 Å². The summed E-state index contributed by atoms with van der Waals surface area (Å²) in [6.45, 7) is 2.01. The van der Waals surface area contributed by atoms with Crippen LogP contribution >= 0.6 is 15.9 Å². The first-order valence-corrected chi connectivity index (χ1v) is 8.38. The Balaban J connectivity index is 1.80. The van der Waals surface area contributed by atoms with Gasteiger partial charge in [0, 0.05) is 15.7 Å². The molecule has 5 nitrogen and oxygen atoms in total. The second-order valence-corrected chi connectivity index (χ2v) is 6.41. The van der Waals surface area contributed by atoms with Gasteiger partial charge in [-0.1, -0.05) is 22.0 Å². The minimum Gasteiger partial charge on any atom is -0.495 e. The molecule has 0 atom stereocenters. The maximum absolute atomic E-state index is 12.4. The summed E-state index contributed by atoms with van der Waals surface area (Å²) < 4.78 is 11.7. The summed E-state index contributed by atoms with van der Waals surface area (Å²) in [7, 11) is 1.54. The summed E-state index contributed by atoms with van der Waals surface area (Å²) in [6, 6.07) is 14.4. The van der Waals surface area contributed by atoms with Crippen LogP contribution in [0.2, 0.25) is 0 Å². The molecule has 3 N–H and O–H groups in total. The number of methoxy groups -OCH3 is 1. The Kier molecular flexibility index (Phi) is 4.81. The van der Waals surface area contributed by atoms with Gasteiger partial charge >= 0.3 is 0 Å². The number of hydrogen-bond donors (Lipinski definition) is 2. The summed E-state index contributed by atoms with van der Waals surface area (Å²) in [5.41, 5.74) is 8.89. The van der Waals surface area contributed by atoms with Crippen molar-refractivity contribution < 1.29 is 13.9 Å². The van der Waals surface area contributed by atoms with Gasteiger partial charge in [0.25, 0.3) is 5.91 Å². The Labute approximate surface area is 153 Å². The van der Waals surface area contributed by atoms with E-state index in [0.717, 1.165) is 15.6 Å². The van der Waals surface area contributed by atoms with E-state index in [1.807, 2.05) is 25.1 Å². The molecule has 0 saturated heterocycles. The smallest absolute Gasteiger partial charge is 0.291 e. The van der Waals surface area contributed by atoms with Gasteiger partial charge in [-0.2, -0.15) is 0 Å². The van der Waals surface area contributed by atoms with Gasteiger partial charge in [-0.15, -0.1) is 0 Å². The second-order valence-electron chi connectivity index (χ2n) is 5.56. The number of carbonyl (C=O) groups excluding carboxylic acids is 1. The van der Waals surface area contributed by atoms with Crippen LogP contribution in [0.1, 0.15) is 16.1 Å². The molecule has 25 heavy (non-hydrogen) atoms. The van der Waals surface area contributed by atoms with E-state index in [1.165, 1.54) is 7.11 Å². The highest BCUT2D eigenvalue weighted by atomic mass is 79.9. The molecule has 1 heterocycles. The predicted molar refractivity (Wildman–Crippen MR) is 102 cm³/mol. The first-order chi connectivity index (χ1) is 12.0. The molecule has 0 aliphatic carbocycles. The van der Waals surface area contributed by atoms with E-state index in [-0.39, 0.29) is 11.7 Å². The molecule has 0 saturated carbocycles. The molecule has 6 heteroatoms. The maximum atomic E-state index is 12.4. The normalized spacial score (nSPS) is 10.5. The molecule has 3 rings (SSSR count). The largest absolute Gasteiger partial charge is 0.495 e. The number of aryl methyl sites for hydroxylation is 1. The second kappa shape index (κ2) is 7.03. The van der Waals surface area contributed by atoms with E-state index in [4.69, 9.17) is 14.9 Å². The lowest BCUT2D eigenvalue weighted by atomic mass is 10.1. The Morgan fingerprint density at radius 3 is 2.64 bits per heavy atom. The quantitative estimate of drug-likeness (QED) is 0.612. The molecule has 0 bridgehead atoms. The summed E-state index contributed by atoms with van der Waals surface area (Å²) in [4.78, 5) is 12.4. The van der Waals surface area contributed by atoms with Gasteiger partial charge in [0.2, 0.25) is 0 Å². The van der Waals surface area contributed by atoms with Gasteiger partial charge in [0.1, 0.15) is 11.5 Å². The number of nitrogens with one attached hydrogen (secondary N) is 1. The Morgan fingerprint density at radius 2 is 1.96 bits per heavy atom. The van der Waals surface area contributed by atoms with Crippen molar-refractivity contribution in [1.82, 2.24) is 0 Å². The standard InChI is InChI=1S/C19H17BrN2O3/c1-11-3-5-13(14(20)9-11)16-7-8-18(25-16)19(23)22-12-4-6-17(24-2)15(21)10-12/h3-10H,21H2,1-2H3,(H,22,23). The van der Waals surface area contributed by atoms with Crippen molar-refractivity contribution in [2.75, 3.05) is 18.2 Å². The van der Waals surface area contributed by atoms with Crippen LogP contribution in [0.25, 0.3) is 11.3 Å². The Bertz CT molecular complexity index is 934. The van der Waals surface area contributed by atoms with Crippen LogP contribution in [0.4, 0.5) is 11.4 Å². The average Bonchev–Trinajstić information content (AvgIpc) is 3.05. The molecular formula is C19H17BrN2O3. The zero-order valence-corrected chi connectivity index (χ0v) is 15.4. The number of benzene rings is 2. The highest BCUT2D eigenvalue weighted by Gasteiger charge is 2.14. The van der Waals surface area contributed by atoms with Crippen LogP contribution in [-0.4, -0.2) is 13.0 Å². The van der Waals surface area contributed by atoms with Crippen molar-refractivity contribution in [3.63, 3.8) is 0 Å². The summed E-state index contributed by atoms with van der Waals surface area (Å²) in [5.74, 6) is 1.05. The fraction of sp³-hybridized carbons (Fsp3) is 0.105. The SMILES string of the molecule is COc1ccc(NC(=O)c2ccc(-c3ccc(C)cc3Br)o2)cc1N. The highest BCUT2D eigenvalue weighted by molar-refractivity contribution is 9.10. The molecule has 0 aliphatic heterocycles. The van der Waals surface area contributed by atoms with Crippen LogP contribution in [-0.2, 0) is 0 Å². The monoisotopic (exact) mass is 400 g/mol. The molecule has 0 spiro atoms. The van der Waals surface area contributed by atoms with Crippen molar-refractivity contribution >= 4 is 33.2 Å². The topological polar surface area (TPSA) is 77.5 Å². The zero-order chi connectivity index (χ0) is 18.0. The number of ether oxygens (including phenoxy) is 1. The van der Waals surface area contributed by atoms with Gasteiger partial charge in [-0.3, -0.25) is 4.79 Å². The van der Waals surface area contributed by atoms with Gasteiger partial charge in [0.15, 0.2) is 5.76 Å². The number of hydrogen-bond acceptors (Lipinski definition) is 4. The lowest BCUT2D eigenvalue weighted by Crippen LogP contribution is -2.11. The molecule has 0 unspecified atom stereocenters. The van der Waals surface area contributed by atoms with Crippen LogP contribution in [0.15, 0.2) is 57.4 Å². The van der Waals surface area contributed by atoms with Crippen molar-refractivity contribution in [1.29, 1.82) is 0 Å². The molecule has 3 aromatic rings. The third-order valence-electron chi connectivity index (χ3n) is 3.71. The third kappa shape index (κ3) is 3.69. The average molecular weight is 401 g/mol. The fourth-order valence-electron chi connectivity index (χ4n) is 2.43. The molecule has 0 radical (unpaired) electrons. The molecule has 2 aromatic carbocycles. The zero-order valence-electron chi connectivity index (χ0n) is 13.8. The van der Waals surface area contributed by atoms with Gasteiger partial charge in [-0.25, -0.2) is 0 Å². The Morgan fingerprint density at radius 1 is 1.16 bits per heavy atom. The summed E-state index contributed by atoms with van der Waals surface area (Å²) in [6.07, 6.45) is 0. The van der Waals surface area contributed by atoms with Crippen molar-refractivity contribution in [3.8, 4) is 17.1 Å². The minimum absolute atomic E-state index is 0.219. The maximum Gasteiger partial charge on any atom is 0.291 e. The minimum atomic E-state index is -0.348. The van der Waals surface area contributed by atoms with Crippen LogP contribution in [0.3, 0.4) is 0 Å². The number of rotatable bonds is 4. The fourth-order valence-corrected chi connectivity index (χ4v) is 3.12.